The van der Waals surface area contributed by atoms with Crippen LogP contribution in [0.5, 0.6) is 0 Å². The molecule has 0 unspecified atom stereocenters. The van der Waals surface area contributed by atoms with Gasteiger partial charge < -0.3 is 4.90 Å². The summed E-state index contributed by atoms with van der Waals surface area (Å²) in [4.78, 5) is 19.4. The maximum atomic E-state index is 12.7. The third-order valence-corrected chi connectivity index (χ3v) is 8.30. The quantitative estimate of drug-likeness (QED) is 0.535. The van der Waals surface area contributed by atoms with Gasteiger partial charge in [-0.15, -0.1) is 11.3 Å². The van der Waals surface area contributed by atoms with E-state index in [9.17, 15) is 4.79 Å². The first-order valence-electron chi connectivity index (χ1n) is 9.14. The number of nitrogens with zero attached hydrogens (tertiary/aromatic N) is 2. The van der Waals surface area contributed by atoms with E-state index < -0.39 is 0 Å². The van der Waals surface area contributed by atoms with Crippen LogP contribution in [-0.4, -0.2) is 40.4 Å². The van der Waals surface area contributed by atoms with Crippen LogP contribution in [0, 0.1) is 6.92 Å². The molecule has 1 aliphatic rings. The fraction of sp³-hybridized carbons (Fsp3) is 0.333. The number of benzene rings is 2. The van der Waals surface area contributed by atoms with Crippen LogP contribution in [0.4, 0.5) is 0 Å². The summed E-state index contributed by atoms with van der Waals surface area (Å²) in [6, 6.07) is 16.7. The van der Waals surface area contributed by atoms with Crippen molar-refractivity contribution < 1.29 is 4.79 Å². The highest BCUT2D eigenvalue weighted by atomic mass is 32.2. The summed E-state index contributed by atoms with van der Waals surface area (Å²) in [7, 11) is 0. The molecule has 0 N–H and O–H groups in total. The lowest BCUT2D eigenvalue weighted by molar-refractivity contribution is -0.128. The van der Waals surface area contributed by atoms with Crippen LogP contribution in [0.3, 0.4) is 0 Å². The van der Waals surface area contributed by atoms with Crippen LogP contribution in [0.1, 0.15) is 22.8 Å². The zero-order valence-electron chi connectivity index (χ0n) is 15.3. The van der Waals surface area contributed by atoms with Crippen molar-refractivity contribution in [2.24, 2.45) is 0 Å². The molecule has 1 amide bonds. The predicted octanol–water partition coefficient (Wildman–Crippen LogP) is 5.40. The first-order valence-corrected chi connectivity index (χ1v) is 12.0. The third-order valence-electron chi connectivity index (χ3n) is 4.82. The molecule has 3 nitrogen and oxygen atoms in total. The number of aromatic nitrogens is 1. The lowest BCUT2D eigenvalue weighted by Gasteiger charge is -2.20. The normalized spacial score (nSPS) is 17.8. The second-order valence-corrected chi connectivity index (χ2v) is 10.2. The van der Waals surface area contributed by atoms with Crippen LogP contribution >= 0.6 is 34.9 Å². The van der Waals surface area contributed by atoms with Crippen molar-refractivity contribution in [3.63, 3.8) is 0 Å². The lowest BCUT2D eigenvalue weighted by Crippen LogP contribution is -2.34. The van der Waals surface area contributed by atoms with Crippen molar-refractivity contribution in [2.75, 3.05) is 24.6 Å². The number of rotatable bonds is 4. The second kappa shape index (κ2) is 8.67. The van der Waals surface area contributed by atoms with E-state index in [0.717, 1.165) is 35.1 Å². The van der Waals surface area contributed by atoms with Crippen molar-refractivity contribution in [1.82, 2.24) is 9.88 Å². The van der Waals surface area contributed by atoms with Crippen LogP contribution in [-0.2, 0) is 4.79 Å². The average Bonchev–Trinajstić information content (AvgIpc) is 2.94. The number of hydrogen-bond donors (Lipinski definition) is 0. The molecule has 1 fully saturated rings. The molecule has 0 radical (unpaired) electrons. The SMILES string of the molecule is Cc1ccccc1[C@@H]1CCN(C(=O)CSc2nc3ccccc3s2)CCS1. The number of amides is 1. The minimum absolute atomic E-state index is 0.227. The Hall–Kier alpha value is -1.50. The van der Waals surface area contributed by atoms with Gasteiger partial charge in [0.25, 0.3) is 0 Å². The summed E-state index contributed by atoms with van der Waals surface area (Å²) in [5.74, 6) is 1.70. The average molecular weight is 415 g/mol. The number of hydrogen-bond acceptors (Lipinski definition) is 5. The fourth-order valence-electron chi connectivity index (χ4n) is 3.34. The highest BCUT2D eigenvalue weighted by Gasteiger charge is 2.23. The summed E-state index contributed by atoms with van der Waals surface area (Å²) < 4.78 is 2.16. The van der Waals surface area contributed by atoms with Crippen molar-refractivity contribution >= 4 is 51.0 Å². The number of carbonyl (C=O) groups excluding carboxylic acids is 1. The van der Waals surface area contributed by atoms with E-state index in [1.807, 2.05) is 34.9 Å². The Balaban J connectivity index is 1.34. The molecule has 1 saturated heterocycles. The maximum Gasteiger partial charge on any atom is 0.233 e. The zero-order chi connectivity index (χ0) is 18.6. The summed E-state index contributed by atoms with van der Waals surface area (Å²) in [6.07, 6.45) is 1.02. The van der Waals surface area contributed by atoms with Crippen molar-refractivity contribution in [2.45, 2.75) is 22.9 Å². The van der Waals surface area contributed by atoms with E-state index in [4.69, 9.17) is 0 Å². The van der Waals surface area contributed by atoms with Gasteiger partial charge in [0.1, 0.15) is 0 Å². The van der Waals surface area contributed by atoms with E-state index in [2.05, 4.69) is 42.2 Å². The van der Waals surface area contributed by atoms with Gasteiger partial charge in [-0.3, -0.25) is 4.79 Å². The zero-order valence-corrected chi connectivity index (χ0v) is 17.7. The number of thioether (sulfide) groups is 2. The third kappa shape index (κ3) is 4.50. The molecule has 0 aliphatic carbocycles. The van der Waals surface area contributed by atoms with Gasteiger partial charge in [-0.1, -0.05) is 48.2 Å². The Bertz CT molecular complexity index is 907. The Morgan fingerprint density at radius 2 is 2.00 bits per heavy atom. The highest BCUT2D eigenvalue weighted by Crippen LogP contribution is 2.36. The van der Waals surface area contributed by atoms with Crippen molar-refractivity contribution in [3.8, 4) is 0 Å². The van der Waals surface area contributed by atoms with Crippen LogP contribution < -0.4 is 0 Å². The van der Waals surface area contributed by atoms with Gasteiger partial charge in [0, 0.05) is 24.1 Å². The van der Waals surface area contributed by atoms with E-state index in [-0.39, 0.29) is 5.91 Å². The number of para-hydroxylation sites is 1. The van der Waals surface area contributed by atoms with Gasteiger partial charge in [-0.2, -0.15) is 11.8 Å². The largest absolute Gasteiger partial charge is 0.341 e. The Morgan fingerprint density at radius 1 is 1.19 bits per heavy atom. The van der Waals surface area contributed by atoms with Crippen LogP contribution in [0.15, 0.2) is 52.9 Å². The van der Waals surface area contributed by atoms with Gasteiger partial charge in [0.05, 0.1) is 16.0 Å². The molecule has 0 bridgehead atoms. The number of aryl methyl sites for hydroxylation is 1. The van der Waals surface area contributed by atoms with Crippen LogP contribution in [0.25, 0.3) is 10.2 Å². The van der Waals surface area contributed by atoms with E-state index in [1.54, 1.807) is 23.1 Å². The van der Waals surface area contributed by atoms with E-state index in [0.29, 0.717) is 11.0 Å². The standard InChI is InChI=1S/C21H22N2OS3/c1-15-6-2-3-7-16(15)18-10-11-23(12-13-25-18)20(24)14-26-21-22-17-8-4-5-9-19(17)27-21/h2-9,18H,10-14H2,1H3/t18-/m0/s1. The molecule has 2 aromatic carbocycles. The van der Waals surface area contributed by atoms with Gasteiger partial charge in [-0.05, 0) is 36.6 Å². The second-order valence-electron chi connectivity index (χ2n) is 6.62. The molecular weight excluding hydrogens is 392 g/mol. The molecule has 1 atom stereocenters. The molecule has 3 aromatic rings. The Kier molecular flexibility index (Phi) is 6.05. The van der Waals surface area contributed by atoms with Crippen LogP contribution in [0.2, 0.25) is 0 Å². The molecule has 4 rings (SSSR count). The van der Waals surface area contributed by atoms with E-state index in [1.165, 1.54) is 15.8 Å². The fourth-order valence-corrected chi connectivity index (χ4v) is 6.64. The van der Waals surface area contributed by atoms with Crippen molar-refractivity contribution in [3.05, 3.63) is 59.7 Å². The smallest absolute Gasteiger partial charge is 0.233 e. The maximum absolute atomic E-state index is 12.7. The summed E-state index contributed by atoms with van der Waals surface area (Å²) in [5.41, 5.74) is 3.78. The molecule has 0 saturated carbocycles. The molecule has 27 heavy (non-hydrogen) atoms. The monoisotopic (exact) mass is 414 g/mol. The van der Waals surface area contributed by atoms with Gasteiger partial charge >= 0.3 is 0 Å². The summed E-state index contributed by atoms with van der Waals surface area (Å²) >= 11 is 5.21. The van der Waals surface area contributed by atoms with Gasteiger partial charge in [0.15, 0.2) is 4.34 Å². The predicted molar refractivity (Wildman–Crippen MR) is 118 cm³/mol. The topological polar surface area (TPSA) is 33.2 Å². The summed E-state index contributed by atoms with van der Waals surface area (Å²) in [6.45, 7) is 3.86. The summed E-state index contributed by atoms with van der Waals surface area (Å²) in [5, 5.41) is 0.487. The first-order chi connectivity index (χ1) is 13.2. The lowest BCUT2D eigenvalue weighted by atomic mass is 10.0. The van der Waals surface area contributed by atoms with Crippen molar-refractivity contribution in [1.29, 1.82) is 0 Å². The molecule has 1 aliphatic heterocycles. The Morgan fingerprint density at radius 3 is 2.85 bits per heavy atom. The molecule has 140 valence electrons. The minimum atomic E-state index is 0.227. The van der Waals surface area contributed by atoms with E-state index >= 15 is 0 Å². The minimum Gasteiger partial charge on any atom is -0.341 e. The Labute approximate surface area is 172 Å². The number of thiazole rings is 1. The first kappa shape index (κ1) is 18.8. The number of carbonyl (C=O) groups is 1. The van der Waals surface area contributed by atoms with Gasteiger partial charge in [0.2, 0.25) is 5.91 Å². The highest BCUT2D eigenvalue weighted by molar-refractivity contribution is 8.01. The number of fused-ring (bicyclic) bond motifs is 1. The molecule has 6 heteroatoms. The molecular formula is C21H22N2OS3. The molecule has 2 heterocycles. The molecule has 0 spiro atoms. The molecule has 1 aromatic heterocycles. The van der Waals surface area contributed by atoms with Gasteiger partial charge in [-0.25, -0.2) is 4.98 Å².